The fourth-order valence-corrected chi connectivity index (χ4v) is 1.71. The number of aryl methyl sites for hydroxylation is 2. The minimum atomic E-state index is -0.217. The number of hydrogen-bond donors (Lipinski definition) is 1. The van der Waals surface area contributed by atoms with E-state index in [1.807, 2.05) is 13.0 Å². The Morgan fingerprint density at radius 2 is 2.38 bits per heavy atom. The van der Waals surface area contributed by atoms with Gasteiger partial charge in [0.2, 0.25) is 0 Å². The molecule has 0 aliphatic heterocycles. The highest BCUT2D eigenvalue weighted by atomic mass is 32.1. The molecule has 0 aliphatic rings. The zero-order chi connectivity index (χ0) is 9.84. The number of nitrogens with zero attached hydrogens (tertiary/aromatic N) is 2. The molecule has 0 aromatic carbocycles. The lowest BCUT2D eigenvalue weighted by atomic mass is 10.2. The Morgan fingerprint density at radius 3 is 2.85 bits per heavy atom. The molecule has 0 radical (unpaired) electrons. The molecule has 0 fully saturated rings. The van der Waals surface area contributed by atoms with Crippen LogP contribution in [0.3, 0.4) is 0 Å². The summed E-state index contributed by atoms with van der Waals surface area (Å²) in [6.45, 7) is 3.66. The highest BCUT2D eigenvalue weighted by Crippen LogP contribution is 2.16. The molecule has 1 aromatic rings. The van der Waals surface area contributed by atoms with Crippen molar-refractivity contribution < 1.29 is 4.79 Å². The predicted octanol–water partition coefficient (Wildman–Crippen LogP) is 1.01. The molecule has 1 amide bonds. The van der Waals surface area contributed by atoms with Crippen LogP contribution >= 0.6 is 11.5 Å². The van der Waals surface area contributed by atoms with Gasteiger partial charge in [-0.2, -0.15) is 9.64 Å². The molecule has 0 saturated carbocycles. The number of carbonyl (C=O) groups excluding carboxylic acids is 1. The van der Waals surface area contributed by atoms with E-state index in [0.717, 1.165) is 10.6 Å². The van der Waals surface area contributed by atoms with Crippen LogP contribution in [0.25, 0.3) is 0 Å². The summed E-state index contributed by atoms with van der Waals surface area (Å²) in [5.41, 5.74) is 1.32. The van der Waals surface area contributed by atoms with E-state index in [1.54, 1.807) is 6.92 Å². The Morgan fingerprint density at radius 1 is 1.69 bits per heavy atom. The Bertz CT molecular complexity index is 344. The minimum Gasteiger partial charge on any atom is -0.339 e. The topological polar surface area (TPSA) is 65.8 Å². The van der Waals surface area contributed by atoms with E-state index >= 15 is 0 Å². The lowest BCUT2D eigenvalue weighted by molar-refractivity contribution is 0.0957. The van der Waals surface area contributed by atoms with Gasteiger partial charge in [-0.25, -0.2) is 0 Å². The van der Waals surface area contributed by atoms with Crippen molar-refractivity contribution in [3.63, 3.8) is 0 Å². The smallest absolute Gasteiger partial charge is 0.255 e. The first-order valence-electron chi connectivity index (χ1n) is 3.75. The van der Waals surface area contributed by atoms with Gasteiger partial charge in [-0.1, -0.05) is 0 Å². The number of carbonyl (C=O) groups is 1. The molecular weight excluding hydrogens is 186 g/mol. The zero-order valence-electron chi connectivity index (χ0n) is 7.42. The molecule has 4 nitrogen and oxygen atoms in total. The van der Waals surface area contributed by atoms with Gasteiger partial charge >= 0.3 is 0 Å². The minimum absolute atomic E-state index is 0.0353. The van der Waals surface area contributed by atoms with Crippen LogP contribution in [0.15, 0.2) is 0 Å². The summed E-state index contributed by atoms with van der Waals surface area (Å²) in [5.74, 6) is -0.217. The lowest BCUT2D eigenvalue weighted by Crippen LogP contribution is -2.24. The third kappa shape index (κ3) is 2.04. The largest absolute Gasteiger partial charge is 0.339 e. The van der Waals surface area contributed by atoms with Crippen LogP contribution in [-0.4, -0.2) is 16.8 Å². The second-order valence-electron chi connectivity index (χ2n) is 2.54. The average molecular weight is 195 g/mol. The number of rotatable bonds is 2. The molecule has 1 heterocycles. The van der Waals surface area contributed by atoms with Gasteiger partial charge in [0.15, 0.2) is 0 Å². The first kappa shape index (κ1) is 9.68. The summed E-state index contributed by atoms with van der Waals surface area (Å²) in [6.07, 6.45) is 0. The molecule has 5 heteroatoms. The van der Waals surface area contributed by atoms with Gasteiger partial charge in [0, 0.05) is 4.88 Å². The van der Waals surface area contributed by atoms with Crippen LogP contribution in [0.1, 0.15) is 20.9 Å². The molecule has 13 heavy (non-hydrogen) atoms. The van der Waals surface area contributed by atoms with E-state index in [0.29, 0.717) is 5.56 Å². The van der Waals surface area contributed by atoms with Crippen molar-refractivity contribution in [2.75, 3.05) is 6.54 Å². The molecule has 0 bridgehead atoms. The van der Waals surface area contributed by atoms with Crippen molar-refractivity contribution in [1.29, 1.82) is 5.26 Å². The first-order chi connectivity index (χ1) is 6.16. The maximum Gasteiger partial charge on any atom is 0.255 e. The van der Waals surface area contributed by atoms with E-state index < -0.39 is 0 Å². The molecule has 0 unspecified atom stereocenters. The molecular formula is C8H9N3OS. The maximum absolute atomic E-state index is 11.4. The standard InChI is InChI=1S/C8H9N3OS/c1-5-7(6(2)13-11-5)8(12)10-4-3-9/h4H2,1-2H3,(H,10,12). The van der Waals surface area contributed by atoms with Crippen LogP contribution in [0.5, 0.6) is 0 Å². The summed E-state index contributed by atoms with van der Waals surface area (Å²) in [5, 5.41) is 10.8. The summed E-state index contributed by atoms with van der Waals surface area (Å²) in [6, 6.07) is 1.85. The van der Waals surface area contributed by atoms with Crippen molar-refractivity contribution in [3.8, 4) is 6.07 Å². The van der Waals surface area contributed by atoms with Crippen molar-refractivity contribution >= 4 is 17.4 Å². The molecule has 0 saturated heterocycles. The molecule has 68 valence electrons. The van der Waals surface area contributed by atoms with E-state index in [4.69, 9.17) is 5.26 Å². The van der Waals surface area contributed by atoms with Crippen LogP contribution in [0.2, 0.25) is 0 Å². The van der Waals surface area contributed by atoms with Gasteiger partial charge in [-0.05, 0) is 25.4 Å². The van der Waals surface area contributed by atoms with Gasteiger partial charge in [-0.15, -0.1) is 0 Å². The van der Waals surface area contributed by atoms with Crippen LogP contribution in [0, 0.1) is 25.2 Å². The van der Waals surface area contributed by atoms with Gasteiger partial charge in [-0.3, -0.25) is 4.79 Å². The predicted molar refractivity (Wildman–Crippen MR) is 49.5 cm³/mol. The maximum atomic E-state index is 11.4. The summed E-state index contributed by atoms with van der Waals surface area (Å²) in [4.78, 5) is 12.3. The van der Waals surface area contributed by atoms with Crippen molar-refractivity contribution in [1.82, 2.24) is 9.69 Å². The third-order valence-corrected chi connectivity index (χ3v) is 2.43. The molecule has 0 aliphatic carbocycles. The summed E-state index contributed by atoms with van der Waals surface area (Å²) >= 11 is 1.30. The first-order valence-corrected chi connectivity index (χ1v) is 4.52. The zero-order valence-corrected chi connectivity index (χ0v) is 8.23. The number of nitrogens with one attached hydrogen (secondary N) is 1. The number of hydrogen-bond acceptors (Lipinski definition) is 4. The quantitative estimate of drug-likeness (QED) is 0.716. The Balaban J connectivity index is 2.83. The van der Waals surface area contributed by atoms with Crippen LogP contribution < -0.4 is 5.32 Å². The van der Waals surface area contributed by atoms with Crippen molar-refractivity contribution in [3.05, 3.63) is 16.1 Å². The van der Waals surface area contributed by atoms with E-state index in [1.165, 1.54) is 11.5 Å². The number of aromatic nitrogens is 1. The molecule has 1 rings (SSSR count). The molecule has 1 N–H and O–H groups in total. The fourth-order valence-electron chi connectivity index (χ4n) is 1.02. The molecule has 0 atom stereocenters. The summed E-state index contributed by atoms with van der Waals surface area (Å²) < 4.78 is 4.04. The van der Waals surface area contributed by atoms with E-state index in [9.17, 15) is 4.79 Å². The number of nitriles is 1. The monoisotopic (exact) mass is 195 g/mol. The van der Waals surface area contributed by atoms with E-state index in [2.05, 4.69) is 9.69 Å². The second kappa shape index (κ2) is 4.01. The van der Waals surface area contributed by atoms with Gasteiger partial charge in [0.05, 0.1) is 17.3 Å². The molecule has 0 spiro atoms. The Kier molecular flexibility index (Phi) is 2.98. The second-order valence-corrected chi connectivity index (χ2v) is 3.52. The fraction of sp³-hybridized carbons (Fsp3) is 0.375. The third-order valence-electron chi connectivity index (χ3n) is 1.59. The SMILES string of the molecule is Cc1nsc(C)c1C(=O)NCC#N. The highest BCUT2D eigenvalue weighted by molar-refractivity contribution is 7.06. The van der Waals surface area contributed by atoms with Crippen LogP contribution in [0.4, 0.5) is 0 Å². The molecule has 1 aromatic heterocycles. The Hall–Kier alpha value is -1.41. The van der Waals surface area contributed by atoms with Gasteiger partial charge < -0.3 is 5.32 Å². The van der Waals surface area contributed by atoms with E-state index in [-0.39, 0.29) is 12.5 Å². The van der Waals surface area contributed by atoms with Crippen LogP contribution in [-0.2, 0) is 0 Å². The summed E-state index contributed by atoms with van der Waals surface area (Å²) in [7, 11) is 0. The normalized spacial score (nSPS) is 9.31. The van der Waals surface area contributed by atoms with Crippen molar-refractivity contribution in [2.45, 2.75) is 13.8 Å². The highest BCUT2D eigenvalue weighted by Gasteiger charge is 2.14. The Labute approximate surface area is 80.4 Å². The van der Waals surface area contributed by atoms with Gasteiger partial charge in [0.1, 0.15) is 6.54 Å². The lowest BCUT2D eigenvalue weighted by Gasteiger charge is -1.99. The number of amides is 1. The average Bonchev–Trinajstić information content (AvgIpc) is 2.42. The van der Waals surface area contributed by atoms with Gasteiger partial charge in [0.25, 0.3) is 5.91 Å². The van der Waals surface area contributed by atoms with Crippen molar-refractivity contribution in [2.24, 2.45) is 0 Å².